The van der Waals surface area contributed by atoms with Crippen LogP contribution in [0.3, 0.4) is 0 Å². The molecule has 1 aromatic carbocycles. The zero-order chi connectivity index (χ0) is 14.9. The maximum atomic E-state index is 11.8. The standard InChI is InChI=1S/C14H14N2O4/c1-8-14(9(2)17)11(7-13(18)15-8)10-5-3-4-6-12(10)16(19)20/h3-6,11H,7H2,1-2H3,(H,15,18). The molecule has 1 aliphatic rings. The lowest BCUT2D eigenvalue weighted by Crippen LogP contribution is -2.33. The Balaban J connectivity index is 2.61. The van der Waals surface area contributed by atoms with Crippen LogP contribution in [0.5, 0.6) is 0 Å². The van der Waals surface area contributed by atoms with Crippen LogP contribution in [0.25, 0.3) is 0 Å². The van der Waals surface area contributed by atoms with Crippen molar-refractivity contribution in [1.82, 2.24) is 5.32 Å². The lowest BCUT2D eigenvalue weighted by atomic mass is 9.82. The van der Waals surface area contributed by atoms with Gasteiger partial charge in [-0.25, -0.2) is 0 Å². The number of carbonyl (C=O) groups excluding carboxylic acids is 2. The summed E-state index contributed by atoms with van der Waals surface area (Å²) < 4.78 is 0. The molecule has 104 valence electrons. The second-order valence-corrected chi connectivity index (χ2v) is 4.72. The number of nitrogens with one attached hydrogen (secondary N) is 1. The summed E-state index contributed by atoms with van der Waals surface area (Å²) in [5.74, 6) is -0.996. The van der Waals surface area contributed by atoms with Crippen LogP contribution in [0.4, 0.5) is 5.69 Å². The van der Waals surface area contributed by atoms with Gasteiger partial charge in [-0.05, 0) is 13.8 Å². The quantitative estimate of drug-likeness (QED) is 0.674. The van der Waals surface area contributed by atoms with Crippen LogP contribution in [0.15, 0.2) is 35.5 Å². The number of hydrogen-bond donors (Lipinski definition) is 1. The van der Waals surface area contributed by atoms with Gasteiger partial charge in [0.1, 0.15) is 0 Å². The molecule has 0 saturated carbocycles. The maximum absolute atomic E-state index is 11.8. The van der Waals surface area contributed by atoms with Crippen molar-refractivity contribution in [1.29, 1.82) is 0 Å². The molecule has 20 heavy (non-hydrogen) atoms. The fourth-order valence-corrected chi connectivity index (χ4v) is 2.60. The summed E-state index contributed by atoms with van der Waals surface area (Å²) in [4.78, 5) is 34.1. The van der Waals surface area contributed by atoms with Gasteiger partial charge in [-0.1, -0.05) is 18.2 Å². The molecule has 0 radical (unpaired) electrons. The van der Waals surface area contributed by atoms with Crippen LogP contribution >= 0.6 is 0 Å². The first kappa shape index (κ1) is 13.9. The molecule has 0 bridgehead atoms. The molecule has 1 N–H and O–H groups in total. The third-order valence-electron chi connectivity index (χ3n) is 3.36. The number of benzene rings is 1. The Kier molecular flexibility index (Phi) is 3.65. The summed E-state index contributed by atoms with van der Waals surface area (Å²) in [6.45, 7) is 3.04. The Bertz CT molecular complexity index is 634. The van der Waals surface area contributed by atoms with Gasteiger partial charge in [0, 0.05) is 35.2 Å². The zero-order valence-corrected chi connectivity index (χ0v) is 11.2. The number of nitrogens with zero attached hydrogens (tertiary/aromatic N) is 1. The van der Waals surface area contributed by atoms with E-state index in [9.17, 15) is 19.7 Å². The van der Waals surface area contributed by atoms with Gasteiger partial charge in [-0.3, -0.25) is 19.7 Å². The van der Waals surface area contributed by atoms with Crippen molar-refractivity contribution in [3.8, 4) is 0 Å². The highest BCUT2D eigenvalue weighted by molar-refractivity contribution is 5.99. The number of para-hydroxylation sites is 1. The molecule has 1 amide bonds. The number of ketones is 1. The molecule has 6 nitrogen and oxygen atoms in total. The number of allylic oxidation sites excluding steroid dienone is 2. The smallest absolute Gasteiger partial charge is 0.273 e. The van der Waals surface area contributed by atoms with Crippen molar-refractivity contribution in [3.63, 3.8) is 0 Å². The van der Waals surface area contributed by atoms with Gasteiger partial charge in [0.25, 0.3) is 5.69 Å². The molecule has 6 heteroatoms. The summed E-state index contributed by atoms with van der Waals surface area (Å²) in [5.41, 5.74) is 1.23. The lowest BCUT2D eigenvalue weighted by Gasteiger charge is -2.26. The topological polar surface area (TPSA) is 89.3 Å². The molecule has 1 heterocycles. The largest absolute Gasteiger partial charge is 0.330 e. The minimum atomic E-state index is -0.567. The Hall–Kier alpha value is -2.50. The summed E-state index contributed by atoms with van der Waals surface area (Å²) in [6.07, 6.45) is 0.0388. The monoisotopic (exact) mass is 274 g/mol. The maximum Gasteiger partial charge on any atom is 0.273 e. The zero-order valence-electron chi connectivity index (χ0n) is 11.2. The predicted octanol–water partition coefficient (Wildman–Crippen LogP) is 2.06. The summed E-state index contributed by atoms with van der Waals surface area (Å²) >= 11 is 0. The number of amides is 1. The van der Waals surface area contributed by atoms with E-state index in [1.54, 1.807) is 25.1 Å². The van der Waals surface area contributed by atoms with E-state index in [0.29, 0.717) is 16.8 Å². The number of nitro benzene ring substituents is 1. The molecule has 0 aliphatic carbocycles. The molecule has 1 aromatic rings. The summed E-state index contributed by atoms with van der Waals surface area (Å²) in [6, 6.07) is 6.21. The van der Waals surface area contributed by atoms with Crippen molar-refractivity contribution in [2.24, 2.45) is 0 Å². The van der Waals surface area contributed by atoms with Gasteiger partial charge in [-0.15, -0.1) is 0 Å². The summed E-state index contributed by atoms with van der Waals surface area (Å²) in [5, 5.41) is 13.7. The molecule has 1 aliphatic heterocycles. The van der Waals surface area contributed by atoms with E-state index in [0.717, 1.165) is 0 Å². The minimum absolute atomic E-state index is 0.0388. The number of hydrogen-bond acceptors (Lipinski definition) is 4. The lowest BCUT2D eigenvalue weighted by molar-refractivity contribution is -0.385. The molecule has 0 saturated heterocycles. The molecular formula is C14H14N2O4. The molecule has 2 rings (SSSR count). The fraction of sp³-hybridized carbons (Fsp3) is 0.286. The van der Waals surface area contributed by atoms with E-state index < -0.39 is 10.8 Å². The molecule has 0 aromatic heterocycles. The molecule has 1 atom stereocenters. The van der Waals surface area contributed by atoms with Gasteiger partial charge < -0.3 is 5.32 Å². The van der Waals surface area contributed by atoms with Crippen molar-refractivity contribution in [2.75, 3.05) is 0 Å². The fourth-order valence-electron chi connectivity index (χ4n) is 2.60. The van der Waals surface area contributed by atoms with E-state index in [1.807, 2.05) is 0 Å². The van der Waals surface area contributed by atoms with Crippen molar-refractivity contribution < 1.29 is 14.5 Å². The van der Waals surface area contributed by atoms with E-state index in [2.05, 4.69) is 5.32 Å². The number of Topliss-reactive ketones (excluding diaryl/α,β-unsaturated/α-hetero) is 1. The average molecular weight is 274 g/mol. The highest BCUT2D eigenvalue weighted by atomic mass is 16.6. The van der Waals surface area contributed by atoms with Crippen LogP contribution in [0.2, 0.25) is 0 Å². The molecule has 0 fully saturated rings. The van der Waals surface area contributed by atoms with Gasteiger partial charge in [0.15, 0.2) is 5.78 Å². The summed E-state index contributed by atoms with van der Waals surface area (Å²) in [7, 11) is 0. The van der Waals surface area contributed by atoms with Gasteiger partial charge in [0.05, 0.1) is 4.92 Å². The molecule has 1 unspecified atom stereocenters. The first-order valence-corrected chi connectivity index (χ1v) is 6.16. The Morgan fingerprint density at radius 2 is 2.05 bits per heavy atom. The second kappa shape index (κ2) is 5.24. The van der Waals surface area contributed by atoms with E-state index in [4.69, 9.17) is 0 Å². The van der Waals surface area contributed by atoms with E-state index in [-0.39, 0.29) is 23.8 Å². The minimum Gasteiger partial charge on any atom is -0.330 e. The predicted molar refractivity (Wildman–Crippen MR) is 72.0 cm³/mol. The third kappa shape index (κ3) is 2.45. The van der Waals surface area contributed by atoms with Crippen LogP contribution in [-0.4, -0.2) is 16.6 Å². The molecule has 0 spiro atoms. The first-order valence-electron chi connectivity index (χ1n) is 6.16. The van der Waals surface area contributed by atoms with Gasteiger partial charge in [-0.2, -0.15) is 0 Å². The average Bonchev–Trinajstić information content (AvgIpc) is 2.37. The van der Waals surface area contributed by atoms with Crippen molar-refractivity contribution in [2.45, 2.75) is 26.2 Å². The van der Waals surface area contributed by atoms with Crippen molar-refractivity contribution >= 4 is 17.4 Å². The number of carbonyl (C=O) groups is 2. The Labute approximate surface area is 115 Å². The van der Waals surface area contributed by atoms with Gasteiger partial charge >= 0.3 is 0 Å². The highest BCUT2D eigenvalue weighted by Gasteiger charge is 2.33. The Morgan fingerprint density at radius 1 is 1.40 bits per heavy atom. The highest BCUT2D eigenvalue weighted by Crippen LogP contribution is 2.37. The van der Waals surface area contributed by atoms with Crippen LogP contribution in [-0.2, 0) is 9.59 Å². The number of nitro groups is 1. The second-order valence-electron chi connectivity index (χ2n) is 4.72. The third-order valence-corrected chi connectivity index (χ3v) is 3.36. The number of rotatable bonds is 3. The first-order chi connectivity index (χ1) is 9.41. The SMILES string of the molecule is CC(=O)C1=C(C)NC(=O)CC1c1ccccc1[N+](=O)[O-]. The van der Waals surface area contributed by atoms with Crippen LogP contribution < -0.4 is 5.32 Å². The Morgan fingerprint density at radius 3 is 2.65 bits per heavy atom. The van der Waals surface area contributed by atoms with E-state index >= 15 is 0 Å². The van der Waals surface area contributed by atoms with Crippen LogP contribution in [0.1, 0.15) is 31.7 Å². The van der Waals surface area contributed by atoms with Crippen molar-refractivity contribution in [3.05, 3.63) is 51.2 Å². The van der Waals surface area contributed by atoms with Gasteiger partial charge in [0.2, 0.25) is 5.91 Å². The normalized spacial score (nSPS) is 18.7. The van der Waals surface area contributed by atoms with Crippen LogP contribution in [0, 0.1) is 10.1 Å². The van der Waals surface area contributed by atoms with E-state index in [1.165, 1.54) is 13.0 Å². The molecular weight excluding hydrogens is 260 g/mol.